The highest BCUT2D eigenvalue weighted by Crippen LogP contribution is 2.34. The summed E-state index contributed by atoms with van der Waals surface area (Å²) < 4.78 is 4.72. The monoisotopic (exact) mass is 379 g/mol. The van der Waals surface area contributed by atoms with Crippen LogP contribution in [0.5, 0.6) is 0 Å². The zero-order chi connectivity index (χ0) is 18.8. The topological polar surface area (TPSA) is 71.5 Å². The number of nitrogens with zero attached hydrogens (tertiary/aromatic N) is 2. The third kappa shape index (κ3) is 3.29. The molecule has 2 aromatic heterocycles. The van der Waals surface area contributed by atoms with Gasteiger partial charge in [-0.25, -0.2) is 4.79 Å². The molecule has 0 saturated carbocycles. The lowest BCUT2D eigenvalue weighted by Gasteiger charge is -2.26. The predicted molar refractivity (Wildman–Crippen MR) is 103 cm³/mol. The molecule has 1 atom stereocenters. The van der Waals surface area contributed by atoms with E-state index in [1.807, 2.05) is 17.5 Å². The molecule has 3 heterocycles. The summed E-state index contributed by atoms with van der Waals surface area (Å²) in [6.07, 6.45) is 1.32. The maximum Gasteiger partial charge on any atom is 0.337 e. The molecule has 27 heavy (non-hydrogen) atoms. The van der Waals surface area contributed by atoms with Crippen molar-refractivity contribution in [2.24, 2.45) is 0 Å². The van der Waals surface area contributed by atoms with Crippen molar-refractivity contribution in [3.05, 3.63) is 81.8 Å². The van der Waals surface area contributed by atoms with E-state index in [2.05, 4.69) is 10.3 Å². The molecule has 4 rings (SSSR count). The number of carbonyl (C=O) groups is 2. The summed E-state index contributed by atoms with van der Waals surface area (Å²) in [6.45, 7) is 0.505. The van der Waals surface area contributed by atoms with Crippen LogP contribution in [-0.4, -0.2) is 28.9 Å². The summed E-state index contributed by atoms with van der Waals surface area (Å²) in [4.78, 5) is 31.8. The average Bonchev–Trinajstić information content (AvgIpc) is 3.31. The fourth-order valence-electron chi connectivity index (χ4n) is 3.09. The van der Waals surface area contributed by atoms with Crippen molar-refractivity contribution < 1.29 is 14.3 Å². The average molecular weight is 379 g/mol. The van der Waals surface area contributed by atoms with Gasteiger partial charge in [0.25, 0.3) is 5.91 Å². The van der Waals surface area contributed by atoms with Crippen molar-refractivity contribution >= 4 is 28.9 Å². The highest BCUT2D eigenvalue weighted by molar-refractivity contribution is 7.09. The fraction of sp³-hybridized carbons (Fsp3) is 0.150. The SMILES string of the molecule is COC(=O)c1ccc(N[C@@H]2c3ncccc3C(=O)N2Cc2cccs2)cc1. The molecule has 1 aliphatic rings. The van der Waals surface area contributed by atoms with E-state index in [0.717, 1.165) is 10.6 Å². The Labute approximate surface area is 160 Å². The van der Waals surface area contributed by atoms with Crippen LogP contribution in [-0.2, 0) is 11.3 Å². The van der Waals surface area contributed by atoms with E-state index in [4.69, 9.17) is 4.74 Å². The van der Waals surface area contributed by atoms with Crippen molar-refractivity contribution in [2.75, 3.05) is 12.4 Å². The fourth-order valence-corrected chi connectivity index (χ4v) is 3.80. The van der Waals surface area contributed by atoms with Gasteiger partial charge in [0.1, 0.15) is 6.17 Å². The van der Waals surface area contributed by atoms with E-state index in [1.54, 1.807) is 58.8 Å². The number of benzene rings is 1. The number of methoxy groups -OCH3 is 1. The zero-order valence-electron chi connectivity index (χ0n) is 14.6. The van der Waals surface area contributed by atoms with Crippen molar-refractivity contribution in [3.63, 3.8) is 0 Å². The van der Waals surface area contributed by atoms with Crippen LogP contribution < -0.4 is 5.32 Å². The molecule has 0 bridgehead atoms. The van der Waals surface area contributed by atoms with Gasteiger partial charge >= 0.3 is 5.97 Å². The molecule has 3 aromatic rings. The summed E-state index contributed by atoms with van der Waals surface area (Å²) in [7, 11) is 1.35. The highest BCUT2D eigenvalue weighted by atomic mass is 32.1. The number of esters is 1. The van der Waals surface area contributed by atoms with Gasteiger partial charge in [0.2, 0.25) is 0 Å². The second-order valence-corrected chi connectivity index (χ2v) is 7.10. The second-order valence-electron chi connectivity index (χ2n) is 6.06. The minimum absolute atomic E-state index is 0.0461. The molecule has 1 aliphatic heterocycles. The number of carbonyl (C=O) groups excluding carboxylic acids is 2. The summed E-state index contributed by atoms with van der Waals surface area (Å²) >= 11 is 1.61. The first-order valence-electron chi connectivity index (χ1n) is 8.40. The first-order chi connectivity index (χ1) is 13.2. The van der Waals surface area contributed by atoms with Crippen LogP contribution in [0, 0.1) is 0 Å². The number of nitrogens with one attached hydrogen (secondary N) is 1. The zero-order valence-corrected chi connectivity index (χ0v) is 15.4. The number of pyridine rings is 1. The predicted octanol–water partition coefficient (Wildman–Crippen LogP) is 3.70. The number of thiophene rings is 1. The smallest absolute Gasteiger partial charge is 0.337 e. The number of fused-ring (bicyclic) bond motifs is 1. The van der Waals surface area contributed by atoms with Gasteiger partial charge in [0.15, 0.2) is 0 Å². The Morgan fingerprint density at radius 2 is 2.04 bits per heavy atom. The summed E-state index contributed by atoms with van der Waals surface area (Å²) in [5.74, 6) is -0.431. The number of anilines is 1. The molecule has 7 heteroatoms. The first kappa shape index (κ1) is 17.2. The maximum atomic E-state index is 12.9. The third-order valence-corrected chi connectivity index (χ3v) is 5.28. The Hall–Kier alpha value is -3.19. The second kappa shape index (κ2) is 7.20. The van der Waals surface area contributed by atoms with E-state index in [1.165, 1.54) is 7.11 Å². The minimum Gasteiger partial charge on any atom is -0.465 e. The molecule has 0 unspecified atom stereocenters. The van der Waals surface area contributed by atoms with Gasteiger partial charge < -0.3 is 15.0 Å². The first-order valence-corrected chi connectivity index (χ1v) is 9.28. The molecule has 0 saturated heterocycles. The molecule has 1 aromatic carbocycles. The lowest BCUT2D eigenvalue weighted by molar-refractivity contribution is 0.0600. The van der Waals surface area contributed by atoms with Crippen LogP contribution in [0.3, 0.4) is 0 Å². The van der Waals surface area contributed by atoms with Crippen LogP contribution in [0.25, 0.3) is 0 Å². The lowest BCUT2D eigenvalue weighted by atomic mass is 10.2. The lowest BCUT2D eigenvalue weighted by Crippen LogP contribution is -2.31. The summed E-state index contributed by atoms with van der Waals surface area (Å²) in [5, 5.41) is 5.36. The minimum atomic E-state index is -0.385. The Balaban J connectivity index is 1.63. The maximum absolute atomic E-state index is 12.9. The van der Waals surface area contributed by atoms with Crippen molar-refractivity contribution in [3.8, 4) is 0 Å². The summed E-state index contributed by atoms with van der Waals surface area (Å²) in [5.41, 5.74) is 2.57. The quantitative estimate of drug-likeness (QED) is 0.685. The molecule has 1 N–H and O–H groups in total. The van der Waals surface area contributed by atoms with Gasteiger partial charge in [-0.2, -0.15) is 0 Å². The molecule has 0 aliphatic carbocycles. The molecule has 136 valence electrons. The van der Waals surface area contributed by atoms with E-state index in [0.29, 0.717) is 23.4 Å². The van der Waals surface area contributed by atoms with Crippen LogP contribution in [0.1, 0.15) is 37.5 Å². The largest absolute Gasteiger partial charge is 0.465 e. The van der Waals surface area contributed by atoms with Crippen LogP contribution in [0.4, 0.5) is 5.69 Å². The van der Waals surface area contributed by atoms with Crippen LogP contribution in [0.2, 0.25) is 0 Å². The Morgan fingerprint density at radius 3 is 2.74 bits per heavy atom. The molecular weight excluding hydrogens is 362 g/mol. The molecule has 1 amide bonds. The highest BCUT2D eigenvalue weighted by Gasteiger charge is 2.38. The molecule has 0 spiro atoms. The van der Waals surface area contributed by atoms with Crippen molar-refractivity contribution in [1.29, 1.82) is 0 Å². The molecular formula is C20H17N3O3S. The number of ether oxygens (including phenoxy) is 1. The standard InChI is InChI=1S/C20H17N3O3S/c1-26-20(25)13-6-8-14(9-7-13)22-18-17-16(5-2-10-21-17)19(24)23(18)12-15-4-3-11-27-15/h2-11,18,22H,12H2,1H3/t18-/m0/s1. The molecule has 0 radical (unpaired) electrons. The third-order valence-electron chi connectivity index (χ3n) is 4.42. The number of aromatic nitrogens is 1. The number of hydrogen-bond acceptors (Lipinski definition) is 6. The van der Waals surface area contributed by atoms with Crippen molar-refractivity contribution in [2.45, 2.75) is 12.7 Å². The van der Waals surface area contributed by atoms with Gasteiger partial charge in [0.05, 0.1) is 30.5 Å². The van der Waals surface area contributed by atoms with Gasteiger partial charge in [-0.05, 0) is 47.8 Å². The number of amides is 1. The Bertz CT molecular complexity index is 970. The van der Waals surface area contributed by atoms with Gasteiger partial charge in [-0.1, -0.05) is 6.07 Å². The number of hydrogen-bond donors (Lipinski definition) is 1. The van der Waals surface area contributed by atoms with Crippen molar-refractivity contribution in [1.82, 2.24) is 9.88 Å². The van der Waals surface area contributed by atoms with Crippen LogP contribution in [0.15, 0.2) is 60.1 Å². The summed E-state index contributed by atoms with van der Waals surface area (Å²) in [6, 6.07) is 14.5. The normalized spacial score (nSPS) is 15.5. The Kier molecular flexibility index (Phi) is 4.60. The number of rotatable bonds is 5. The van der Waals surface area contributed by atoms with Gasteiger partial charge in [-0.15, -0.1) is 11.3 Å². The molecule has 6 nitrogen and oxygen atoms in total. The van der Waals surface area contributed by atoms with E-state index in [-0.39, 0.29) is 18.0 Å². The van der Waals surface area contributed by atoms with Crippen LogP contribution >= 0.6 is 11.3 Å². The van der Waals surface area contributed by atoms with E-state index in [9.17, 15) is 9.59 Å². The Morgan fingerprint density at radius 1 is 1.22 bits per heavy atom. The van der Waals surface area contributed by atoms with E-state index < -0.39 is 0 Å². The van der Waals surface area contributed by atoms with E-state index >= 15 is 0 Å². The van der Waals surface area contributed by atoms with Gasteiger partial charge in [-0.3, -0.25) is 9.78 Å². The van der Waals surface area contributed by atoms with Gasteiger partial charge in [0, 0.05) is 16.8 Å². The molecule has 0 fully saturated rings.